The van der Waals surface area contributed by atoms with E-state index in [9.17, 15) is 40.9 Å². The molecule has 0 aromatic heterocycles. The number of aliphatic hydroxyl groups excluding tert-OH is 8. The summed E-state index contributed by atoms with van der Waals surface area (Å²) in [6.07, 6.45) is -7.43. The van der Waals surface area contributed by atoms with Gasteiger partial charge >= 0.3 is 0 Å². The van der Waals surface area contributed by atoms with Crippen molar-refractivity contribution in [3.8, 4) is 0 Å². The fourth-order valence-corrected chi connectivity index (χ4v) is 10.8. The molecule has 0 amide bonds. The summed E-state index contributed by atoms with van der Waals surface area (Å²) in [5.41, 5.74) is -0.296. The normalized spacial score (nSPS) is 58.6. The van der Waals surface area contributed by atoms with Crippen LogP contribution in [-0.4, -0.2) is 127 Å². The van der Waals surface area contributed by atoms with Crippen LogP contribution < -0.4 is 0 Å². The molecule has 13 heteroatoms. The Kier molecular flexibility index (Phi) is 9.33. The summed E-state index contributed by atoms with van der Waals surface area (Å²) in [6, 6.07) is 0. The van der Waals surface area contributed by atoms with E-state index in [0.29, 0.717) is 31.1 Å². The molecule has 20 unspecified atom stereocenters. The molecule has 2 saturated carbocycles. The van der Waals surface area contributed by atoms with Gasteiger partial charge in [-0.2, -0.15) is 0 Å². The zero-order valence-electron chi connectivity index (χ0n) is 28.4. The van der Waals surface area contributed by atoms with E-state index >= 15 is 0 Å². The third-order valence-corrected chi connectivity index (χ3v) is 14.2. The van der Waals surface area contributed by atoms with Crippen molar-refractivity contribution < 1.29 is 64.5 Å². The summed E-state index contributed by atoms with van der Waals surface area (Å²) in [4.78, 5) is 0. The maximum absolute atomic E-state index is 11.8. The average Bonchev–Trinajstić information content (AvgIpc) is 3.28. The summed E-state index contributed by atoms with van der Waals surface area (Å²) in [7, 11) is 0. The standard InChI is InChI=1S/C35H56O13/c1-15-5-10-35(44-14-15)16(2)33(3)9-7-19-22(30(33)48-35)20(37)12-18-11-17(6-8-34(18,19)4)28-29(25(40)23(38)21(13-36)45-28)46-32-27(42)24(39)26(41)31(43)47-32/h12,15-19,21-32,36-43H,5-11,13-14H2,1-4H3. The van der Waals surface area contributed by atoms with Gasteiger partial charge in [-0.25, -0.2) is 0 Å². The number of fused-ring (bicyclic) bond motifs is 5. The fourth-order valence-electron chi connectivity index (χ4n) is 10.8. The van der Waals surface area contributed by atoms with Crippen LogP contribution in [0.3, 0.4) is 0 Å². The number of rotatable bonds is 4. The van der Waals surface area contributed by atoms with Gasteiger partial charge in [-0.05, 0) is 73.7 Å². The second kappa shape index (κ2) is 12.6. The molecule has 0 radical (unpaired) electrons. The first kappa shape index (κ1) is 35.5. The van der Waals surface area contributed by atoms with E-state index in [1.165, 1.54) is 0 Å². The van der Waals surface area contributed by atoms with Crippen LogP contribution in [0.5, 0.6) is 0 Å². The lowest BCUT2D eigenvalue weighted by Gasteiger charge is -2.59. The first-order valence-corrected chi connectivity index (χ1v) is 18.0. The molecule has 0 aromatic carbocycles. The monoisotopic (exact) mass is 684 g/mol. The van der Waals surface area contributed by atoms with Crippen molar-refractivity contribution in [1.82, 2.24) is 0 Å². The Balaban J connectivity index is 1.14. The minimum atomic E-state index is -1.85. The van der Waals surface area contributed by atoms with Crippen LogP contribution in [0.2, 0.25) is 0 Å². The van der Waals surface area contributed by atoms with Gasteiger partial charge in [-0.3, -0.25) is 0 Å². The summed E-state index contributed by atoms with van der Waals surface area (Å²) >= 11 is 0. The maximum Gasteiger partial charge on any atom is 0.189 e. The first-order valence-electron chi connectivity index (χ1n) is 18.0. The molecule has 7 aliphatic rings. The van der Waals surface area contributed by atoms with Crippen molar-refractivity contribution in [2.75, 3.05) is 13.2 Å². The molecule has 13 nitrogen and oxygen atoms in total. The Morgan fingerprint density at radius 2 is 1.58 bits per heavy atom. The Morgan fingerprint density at radius 3 is 2.27 bits per heavy atom. The molecule has 4 aliphatic heterocycles. The SMILES string of the molecule is CC1CCC2(OC1)OC1C3C(O)=CC4CC(C5OC(CO)C(O)C(O)C5OC5OC(O)C(O)C(O)C5O)CCC4(C)C3CCC1(C)C2C. The second-order valence-electron chi connectivity index (χ2n) is 16.7. The van der Waals surface area contributed by atoms with Crippen molar-refractivity contribution in [3.05, 3.63) is 11.8 Å². The van der Waals surface area contributed by atoms with Crippen LogP contribution in [-0.2, 0) is 23.7 Å². The zero-order valence-corrected chi connectivity index (χ0v) is 28.4. The molecular formula is C35H56O13. The lowest BCUT2D eigenvalue weighted by atomic mass is 9.46. The van der Waals surface area contributed by atoms with Gasteiger partial charge in [0.1, 0.15) is 42.7 Å². The lowest BCUT2D eigenvalue weighted by molar-refractivity contribution is -0.370. The molecule has 20 atom stereocenters. The van der Waals surface area contributed by atoms with Crippen LogP contribution in [0.4, 0.5) is 0 Å². The summed E-state index contributed by atoms with van der Waals surface area (Å²) in [5.74, 6) is 0.133. The van der Waals surface area contributed by atoms with Crippen molar-refractivity contribution in [2.24, 2.45) is 46.3 Å². The van der Waals surface area contributed by atoms with Gasteiger partial charge < -0.3 is 64.5 Å². The molecule has 7 rings (SSSR count). The molecule has 0 aromatic rings. The molecule has 274 valence electrons. The molecule has 4 heterocycles. The number of allylic oxidation sites excluding steroid dienone is 1. The third-order valence-electron chi connectivity index (χ3n) is 14.2. The first-order chi connectivity index (χ1) is 22.6. The lowest BCUT2D eigenvalue weighted by Crippen LogP contribution is -2.65. The number of ether oxygens (including phenoxy) is 5. The van der Waals surface area contributed by atoms with Crippen molar-refractivity contribution in [3.63, 3.8) is 0 Å². The van der Waals surface area contributed by atoms with Crippen LogP contribution in [0.15, 0.2) is 11.8 Å². The quantitative estimate of drug-likeness (QED) is 0.206. The van der Waals surface area contributed by atoms with Gasteiger partial charge in [0.15, 0.2) is 18.4 Å². The highest BCUT2D eigenvalue weighted by Gasteiger charge is 2.68. The van der Waals surface area contributed by atoms with E-state index in [1.54, 1.807) is 0 Å². The molecular weight excluding hydrogens is 628 g/mol. The molecule has 3 aliphatic carbocycles. The van der Waals surface area contributed by atoms with Crippen molar-refractivity contribution in [1.29, 1.82) is 0 Å². The molecule has 6 fully saturated rings. The largest absolute Gasteiger partial charge is 0.512 e. The topological polar surface area (TPSA) is 208 Å². The summed E-state index contributed by atoms with van der Waals surface area (Å²) < 4.78 is 30.9. The van der Waals surface area contributed by atoms with E-state index in [1.807, 2.05) is 6.08 Å². The predicted molar refractivity (Wildman–Crippen MR) is 167 cm³/mol. The van der Waals surface area contributed by atoms with E-state index in [-0.39, 0.29) is 46.5 Å². The fraction of sp³-hybridized carbons (Fsp3) is 0.943. The number of aliphatic hydroxyl groups is 8. The number of hydrogen-bond acceptors (Lipinski definition) is 13. The Bertz CT molecular complexity index is 1210. The van der Waals surface area contributed by atoms with Gasteiger partial charge in [0.05, 0.1) is 31.2 Å². The van der Waals surface area contributed by atoms with E-state index < -0.39 is 73.8 Å². The van der Waals surface area contributed by atoms with Crippen LogP contribution >= 0.6 is 0 Å². The van der Waals surface area contributed by atoms with E-state index in [0.717, 1.165) is 32.1 Å². The summed E-state index contributed by atoms with van der Waals surface area (Å²) in [5, 5.41) is 84.6. The predicted octanol–water partition coefficient (Wildman–Crippen LogP) is 0.699. The highest BCUT2D eigenvalue weighted by Crippen LogP contribution is 2.67. The molecule has 1 spiro atoms. The van der Waals surface area contributed by atoms with Crippen molar-refractivity contribution >= 4 is 0 Å². The van der Waals surface area contributed by atoms with Gasteiger partial charge in [0.2, 0.25) is 0 Å². The van der Waals surface area contributed by atoms with Gasteiger partial charge in [-0.1, -0.05) is 27.7 Å². The molecule has 4 saturated heterocycles. The smallest absolute Gasteiger partial charge is 0.189 e. The zero-order chi connectivity index (χ0) is 34.5. The van der Waals surface area contributed by atoms with E-state index in [2.05, 4.69) is 27.7 Å². The second-order valence-corrected chi connectivity index (χ2v) is 16.7. The van der Waals surface area contributed by atoms with E-state index in [4.69, 9.17) is 23.7 Å². The highest BCUT2D eigenvalue weighted by molar-refractivity contribution is 5.23. The molecule has 48 heavy (non-hydrogen) atoms. The Morgan fingerprint density at radius 1 is 0.854 bits per heavy atom. The van der Waals surface area contributed by atoms with Gasteiger partial charge in [0, 0.05) is 23.7 Å². The summed E-state index contributed by atoms with van der Waals surface area (Å²) in [6.45, 7) is 9.19. The third kappa shape index (κ3) is 5.33. The molecule has 0 bridgehead atoms. The van der Waals surface area contributed by atoms with Gasteiger partial charge in [-0.15, -0.1) is 0 Å². The maximum atomic E-state index is 11.8. The van der Waals surface area contributed by atoms with Crippen LogP contribution in [0, 0.1) is 46.3 Å². The van der Waals surface area contributed by atoms with Crippen LogP contribution in [0.25, 0.3) is 0 Å². The Labute approximate surface area is 281 Å². The minimum Gasteiger partial charge on any atom is -0.512 e. The molecule has 8 N–H and O–H groups in total. The minimum absolute atomic E-state index is 0.0439. The average molecular weight is 685 g/mol. The Hall–Kier alpha value is -0.940. The highest BCUT2D eigenvalue weighted by atomic mass is 16.8. The van der Waals surface area contributed by atoms with Gasteiger partial charge in [0.25, 0.3) is 0 Å². The van der Waals surface area contributed by atoms with Crippen molar-refractivity contribution in [2.45, 2.75) is 146 Å². The number of hydrogen-bond donors (Lipinski definition) is 8. The van der Waals surface area contributed by atoms with Crippen LogP contribution in [0.1, 0.15) is 72.6 Å².